The highest BCUT2D eigenvalue weighted by Crippen LogP contribution is 2.21. The SMILES string of the molecule is CCNC(=O)c1cccnc1N1CCN(C(=S)c2ccc(N(C)C)cc2)CC1. The summed E-state index contributed by atoms with van der Waals surface area (Å²) in [6, 6.07) is 12.0. The van der Waals surface area contributed by atoms with Gasteiger partial charge in [-0.1, -0.05) is 12.2 Å². The summed E-state index contributed by atoms with van der Waals surface area (Å²) in [6.45, 7) is 5.68. The van der Waals surface area contributed by atoms with Crippen molar-refractivity contribution in [3.63, 3.8) is 0 Å². The average Bonchev–Trinajstić information content (AvgIpc) is 2.73. The number of benzene rings is 1. The highest BCUT2D eigenvalue weighted by atomic mass is 32.1. The molecule has 148 valence electrons. The Hall–Kier alpha value is -2.67. The summed E-state index contributed by atoms with van der Waals surface area (Å²) in [5, 5.41) is 2.86. The van der Waals surface area contributed by atoms with Gasteiger partial charge in [0.2, 0.25) is 0 Å². The number of hydrogen-bond donors (Lipinski definition) is 1. The Morgan fingerprint density at radius 1 is 1.14 bits per heavy atom. The predicted octanol–water partition coefficient (Wildman–Crippen LogP) is 2.40. The van der Waals surface area contributed by atoms with Gasteiger partial charge in [0.25, 0.3) is 5.91 Å². The van der Waals surface area contributed by atoms with E-state index in [0.717, 1.165) is 48.2 Å². The number of nitrogens with zero attached hydrogens (tertiary/aromatic N) is 4. The molecule has 1 aromatic heterocycles. The van der Waals surface area contributed by atoms with Crippen LogP contribution in [0.1, 0.15) is 22.8 Å². The second kappa shape index (κ2) is 9.01. The van der Waals surface area contributed by atoms with Gasteiger partial charge in [0.05, 0.1) is 5.56 Å². The molecule has 1 saturated heterocycles. The first-order valence-corrected chi connectivity index (χ1v) is 9.97. The minimum Gasteiger partial charge on any atom is -0.378 e. The number of hydrogen-bond acceptors (Lipinski definition) is 5. The van der Waals surface area contributed by atoms with Crippen LogP contribution in [0.3, 0.4) is 0 Å². The molecule has 1 fully saturated rings. The van der Waals surface area contributed by atoms with E-state index in [9.17, 15) is 4.79 Å². The van der Waals surface area contributed by atoms with Gasteiger partial charge in [-0.05, 0) is 43.3 Å². The molecular formula is C21H27N5OS. The van der Waals surface area contributed by atoms with Gasteiger partial charge in [-0.3, -0.25) is 4.79 Å². The van der Waals surface area contributed by atoms with Crippen molar-refractivity contribution in [3.05, 3.63) is 53.7 Å². The Morgan fingerprint density at radius 3 is 2.43 bits per heavy atom. The summed E-state index contributed by atoms with van der Waals surface area (Å²) in [7, 11) is 4.05. The van der Waals surface area contributed by atoms with Crippen LogP contribution in [0.15, 0.2) is 42.6 Å². The van der Waals surface area contributed by atoms with E-state index in [1.807, 2.05) is 27.1 Å². The maximum absolute atomic E-state index is 12.3. The van der Waals surface area contributed by atoms with E-state index < -0.39 is 0 Å². The number of anilines is 2. The topological polar surface area (TPSA) is 51.7 Å². The van der Waals surface area contributed by atoms with Gasteiger partial charge in [0.1, 0.15) is 10.8 Å². The summed E-state index contributed by atoms with van der Waals surface area (Å²) < 4.78 is 0. The van der Waals surface area contributed by atoms with Crippen molar-refractivity contribution in [3.8, 4) is 0 Å². The number of piperazine rings is 1. The summed E-state index contributed by atoms with van der Waals surface area (Å²) in [6.07, 6.45) is 1.74. The molecule has 7 heteroatoms. The molecule has 0 radical (unpaired) electrons. The maximum Gasteiger partial charge on any atom is 0.255 e. The van der Waals surface area contributed by atoms with E-state index >= 15 is 0 Å². The third-order valence-corrected chi connectivity index (χ3v) is 5.36. The molecule has 1 aromatic carbocycles. The third-order valence-electron chi connectivity index (χ3n) is 4.87. The Bertz CT molecular complexity index is 829. The molecule has 1 aliphatic heterocycles. The summed E-state index contributed by atoms with van der Waals surface area (Å²) in [4.78, 5) is 24.1. The average molecular weight is 398 g/mol. The monoisotopic (exact) mass is 397 g/mol. The fraction of sp³-hybridized carbons (Fsp3) is 0.381. The van der Waals surface area contributed by atoms with Gasteiger partial charge in [-0.2, -0.15) is 0 Å². The first kappa shape index (κ1) is 20.1. The summed E-state index contributed by atoms with van der Waals surface area (Å²) in [5.74, 6) is 0.666. The smallest absolute Gasteiger partial charge is 0.255 e. The number of nitrogens with one attached hydrogen (secondary N) is 1. The largest absolute Gasteiger partial charge is 0.378 e. The highest BCUT2D eigenvalue weighted by Gasteiger charge is 2.24. The number of carbonyl (C=O) groups excluding carboxylic acids is 1. The van der Waals surface area contributed by atoms with Gasteiger partial charge >= 0.3 is 0 Å². The standard InChI is InChI=1S/C21H27N5OS/c1-4-22-20(27)18-6-5-11-23-19(18)25-12-14-26(15-13-25)21(28)16-7-9-17(10-8-16)24(2)3/h5-11H,4,12-15H2,1-3H3,(H,22,27). The molecule has 28 heavy (non-hydrogen) atoms. The molecular weight excluding hydrogens is 370 g/mol. The summed E-state index contributed by atoms with van der Waals surface area (Å²) in [5.41, 5.74) is 2.85. The van der Waals surface area contributed by atoms with Crippen molar-refractivity contribution < 1.29 is 4.79 Å². The summed E-state index contributed by atoms with van der Waals surface area (Å²) >= 11 is 5.72. The quantitative estimate of drug-likeness (QED) is 0.782. The third kappa shape index (κ3) is 4.42. The molecule has 0 atom stereocenters. The van der Waals surface area contributed by atoms with E-state index in [-0.39, 0.29) is 5.91 Å². The lowest BCUT2D eigenvalue weighted by Gasteiger charge is -2.37. The molecule has 2 heterocycles. The van der Waals surface area contributed by atoms with Crippen LogP contribution in [-0.2, 0) is 0 Å². The van der Waals surface area contributed by atoms with Crippen molar-refractivity contribution in [1.82, 2.24) is 15.2 Å². The zero-order valence-electron chi connectivity index (χ0n) is 16.7. The van der Waals surface area contributed by atoms with Crippen molar-refractivity contribution in [2.45, 2.75) is 6.92 Å². The predicted molar refractivity (Wildman–Crippen MR) is 118 cm³/mol. The number of carbonyl (C=O) groups is 1. The van der Waals surface area contributed by atoms with Crippen molar-refractivity contribution in [2.24, 2.45) is 0 Å². The van der Waals surface area contributed by atoms with Gasteiger partial charge < -0.3 is 20.0 Å². The molecule has 0 aliphatic carbocycles. The van der Waals surface area contributed by atoms with Crippen LogP contribution in [0.4, 0.5) is 11.5 Å². The van der Waals surface area contributed by atoms with Crippen LogP contribution in [0, 0.1) is 0 Å². The molecule has 1 N–H and O–H groups in total. The van der Waals surface area contributed by atoms with E-state index in [1.54, 1.807) is 12.3 Å². The minimum absolute atomic E-state index is 0.0791. The number of amides is 1. The second-order valence-electron chi connectivity index (χ2n) is 6.95. The first-order chi connectivity index (χ1) is 13.5. The van der Waals surface area contributed by atoms with Crippen LogP contribution in [-0.4, -0.2) is 67.6 Å². The van der Waals surface area contributed by atoms with Crippen LogP contribution >= 0.6 is 12.2 Å². The van der Waals surface area contributed by atoms with Crippen LogP contribution < -0.4 is 15.1 Å². The van der Waals surface area contributed by atoms with Gasteiger partial charge in [0.15, 0.2) is 0 Å². The Labute approximate surface area is 172 Å². The Kier molecular flexibility index (Phi) is 6.46. The lowest BCUT2D eigenvalue weighted by atomic mass is 10.1. The fourth-order valence-electron chi connectivity index (χ4n) is 3.29. The van der Waals surface area contributed by atoms with E-state index in [4.69, 9.17) is 12.2 Å². The van der Waals surface area contributed by atoms with Crippen molar-refractivity contribution in [2.75, 3.05) is 56.6 Å². The van der Waals surface area contributed by atoms with E-state index in [2.05, 4.69) is 49.3 Å². The normalized spacial score (nSPS) is 14.0. The lowest BCUT2D eigenvalue weighted by Crippen LogP contribution is -2.49. The maximum atomic E-state index is 12.3. The second-order valence-corrected chi connectivity index (χ2v) is 7.34. The van der Waals surface area contributed by atoms with E-state index in [1.165, 1.54) is 0 Å². The van der Waals surface area contributed by atoms with Crippen LogP contribution in [0.5, 0.6) is 0 Å². The minimum atomic E-state index is -0.0791. The molecule has 0 spiro atoms. The zero-order chi connectivity index (χ0) is 20.1. The van der Waals surface area contributed by atoms with Gasteiger partial charge in [0, 0.05) is 64.3 Å². The molecule has 0 unspecified atom stereocenters. The number of pyridine rings is 1. The van der Waals surface area contributed by atoms with Crippen LogP contribution in [0.2, 0.25) is 0 Å². The number of thiocarbonyl (C=S) groups is 1. The van der Waals surface area contributed by atoms with Crippen LogP contribution in [0.25, 0.3) is 0 Å². The highest BCUT2D eigenvalue weighted by molar-refractivity contribution is 7.80. The molecule has 0 saturated carbocycles. The first-order valence-electron chi connectivity index (χ1n) is 9.56. The van der Waals surface area contributed by atoms with Crippen molar-refractivity contribution >= 4 is 34.6 Å². The molecule has 1 aliphatic rings. The molecule has 6 nitrogen and oxygen atoms in total. The number of aromatic nitrogens is 1. The Morgan fingerprint density at radius 2 is 1.82 bits per heavy atom. The Balaban J connectivity index is 1.66. The zero-order valence-corrected chi connectivity index (χ0v) is 17.5. The number of rotatable bonds is 5. The van der Waals surface area contributed by atoms with Gasteiger partial charge in [-0.25, -0.2) is 4.98 Å². The van der Waals surface area contributed by atoms with Gasteiger partial charge in [-0.15, -0.1) is 0 Å². The molecule has 0 bridgehead atoms. The van der Waals surface area contributed by atoms with E-state index in [0.29, 0.717) is 12.1 Å². The van der Waals surface area contributed by atoms with Crippen molar-refractivity contribution in [1.29, 1.82) is 0 Å². The molecule has 1 amide bonds. The molecule has 3 rings (SSSR count). The fourth-order valence-corrected chi connectivity index (χ4v) is 3.61. The lowest BCUT2D eigenvalue weighted by molar-refractivity contribution is 0.0956. The molecule has 2 aromatic rings.